The highest BCUT2D eigenvalue weighted by Gasteiger charge is 2.32. The largest absolute Gasteiger partial charge is 0.480 e. The molecular weight excluding hydrogens is 324 g/mol. The Bertz CT molecular complexity index is 529. The van der Waals surface area contributed by atoms with E-state index in [0.29, 0.717) is 0 Å². The molecule has 0 radical (unpaired) electrons. The number of anilines is 1. The lowest BCUT2D eigenvalue weighted by molar-refractivity contribution is -0.148. The van der Waals surface area contributed by atoms with Crippen LogP contribution in [0.1, 0.15) is 19.4 Å². The Morgan fingerprint density at radius 2 is 2.00 bits per heavy atom. The number of benzene rings is 1. The Morgan fingerprint density at radius 1 is 1.40 bits per heavy atom. The lowest BCUT2D eigenvalue weighted by atomic mass is 10.0. The number of carboxylic acid groups (broad SMARTS) is 1. The Kier molecular flexibility index (Phi) is 5.30. The van der Waals surface area contributed by atoms with Gasteiger partial charge in [0, 0.05) is 10.2 Å². The van der Waals surface area contributed by atoms with Crippen molar-refractivity contribution in [1.82, 2.24) is 4.90 Å². The van der Waals surface area contributed by atoms with Gasteiger partial charge in [-0.3, -0.25) is 14.5 Å². The zero-order valence-corrected chi connectivity index (χ0v) is 13.6. The fourth-order valence-corrected chi connectivity index (χ4v) is 2.01. The molecule has 2 N–H and O–H groups in total. The van der Waals surface area contributed by atoms with Crippen molar-refractivity contribution in [2.75, 3.05) is 18.9 Å². The van der Waals surface area contributed by atoms with Gasteiger partial charge in [0.05, 0.1) is 6.54 Å². The molecule has 1 aromatic rings. The van der Waals surface area contributed by atoms with Gasteiger partial charge in [0.25, 0.3) is 0 Å². The van der Waals surface area contributed by atoms with Gasteiger partial charge in [-0.15, -0.1) is 0 Å². The molecule has 0 heterocycles. The van der Waals surface area contributed by atoms with E-state index in [4.69, 9.17) is 5.11 Å². The number of aliphatic carboxylic acids is 1. The molecule has 0 atom stereocenters. The quantitative estimate of drug-likeness (QED) is 0.862. The van der Waals surface area contributed by atoms with Crippen LogP contribution in [0.5, 0.6) is 0 Å². The number of carboxylic acids is 1. The number of aryl methyl sites for hydroxylation is 1. The van der Waals surface area contributed by atoms with Crippen LogP contribution in [-0.2, 0) is 9.59 Å². The molecule has 0 bridgehead atoms. The van der Waals surface area contributed by atoms with Crippen molar-refractivity contribution >= 4 is 33.5 Å². The third-order valence-corrected chi connectivity index (χ3v) is 3.81. The lowest BCUT2D eigenvalue weighted by Gasteiger charge is -2.30. The fraction of sp³-hybridized carbons (Fsp3) is 0.429. The summed E-state index contributed by atoms with van der Waals surface area (Å²) in [6.45, 7) is 5.03. The van der Waals surface area contributed by atoms with Gasteiger partial charge in [0.15, 0.2) is 0 Å². The number of hydrogen-bond donors (Lipinski definition) is 2. The van der Waals surface area contributed by atoms with Crippen LogP contribution in [0.4, 0.5) is 5.69 Å². The van der Waals surface area contributed by atoms with E-state index in [1.165, 1.54) is 4.90 Å². The number of amides is 1. The van der Waals surface area contributed by atoms with Gasteiger partial charge in [-0.2, -0.15) is 0 Å². The predicted molar refractivity (Wildman–Crippen MR) is 81.9 cm³/mol. The Hall–Kier alpha value is -1.40. The maximum Gasteiger partial charge on any atom is 0.323 e. The zero-order chi connectivity index (χ0) is 15.5. The summed E-state index contributed by atoms with van der Waals surface area (Å²) in [7, 11) is 1.61. The van der Waals surface area contributed by atoms with E-state index in [0.717, 1.165) is 15.7 Å². The van der Waals surface area contributed by atoms with Gasteiger partial charge in [0.1, 0.15) is 5.54 Å². The van der Waals surface area contributed by atoms with Crippen molar-refractivity contribution in [3.8, 4) is 0 Å². The molecule has 1 aromatic carbocycles. The number of nitrogens with zero attached hydrogens (tertiary/aromatic N) is 1. The fourth-order valence-electron chi connectivity index (χ4n) is 1.53. The van der Waals surface area contributed by atoms with Crippen LogP contribution in [0.3, 0.4) is 0 Å². The monoisotopic (exact) mass is 342 g/mol. The van der Waals surface area contributed by atoms with Crippen molar-refractivity contribution < 1.29 is 14.7 Å². The summed E-state index contributed by atoms with van der Waals surface area (Å²) in [5, 5.41) is 11.9. The number of hydrogen-bond acceptors (Lipinski definition) is 3. The molecule has 0 spiro atoms. The summed E-state index contributed by atoms with van der Waals surface area (Å²) in [6, 6.07) is 5.55. The molecule has 5 nitrogen and oxygen atoms in total. The van der Waals surface area contributed by atoms with Gasteiger partial charge >= 0.3 is 5.97 Å². The highest BCUT2D eigenvalue weighted by atomic mass is 79.9. The minimum absolute atomic E-state index is 0.00873. The molecule has 20 heavy (non-hydrogen) atoms. The SMILES string of the molecule is Cc1cc(Br)ccc1NC(=O)CN(C)C(C)(C)C(=O)O. The summed E-state index contributed by atoms with van der Waals surface area (Å²) in [5.74, 6) is -1.21. The van der Waals surface area contributed by atoms with Crippen LogP contribution >= 0.6 is 15.9 Å². The maximum absolute atomic E-state index is 12.0. The second-order valence-corrected chi connectivity index (χ2v) is 6.14. The van der Waals surface area contributed by atoms with Crippen LogP contribution in [0.2, 0.25) is 0 Å². The average molecular weight is 343 g/mol. The minimum atomic E-state index is -1.09. The van der Waals surface area contributed by atoms with Crippen LogP contribution < -0.4 is 5.32 Å². The van der Waals surface area contributed by atoms with E-state index in [2.05, 4.69) is 21.2 Å². The smallest absolute Gasteiger partial charge is 0.323 e. The molecule has 0 aliphatic carbocycles. The molecule has 0 aliphatic heterocycles. The standard InChI is InChI=1S/C14H19BrN2O3/c1-9-7-10(15)5-6-11(9)16-12(18)8-17(4)14(2,3)13(19)20/h5-7H,8H2,1-4H3,(H,16,18)(H,19,20). The van der Waals surface area contributed by atoms with E-state index < -0.39 is 11.5 Å². The first-order chi connectivity index (χ1) is 9.14. The van der Waals surface area contributed by atoms with Crippen LogP contribution in [-0.4, -0.2) is 41.0 Å². The maximum atomic E-state index is 12.0. The molecule has 1 amide bonds. The summed E-state index contributed by atoms with van der Waals surface area (Å²) >= 11 is 3.36. The zero-order valence-electron chi connectivity index (χ0n) is 12.0. The Balaban J connectivity index is 2.71. The predicted octanol–water partition coefficient (Wildman–Crippen LogP) is 2.49. The Labute approximate surface area is 127 Å². The van der Waals surface area contributed by atoms with E-state index in [9.17, 15) is 9.59 Å². The molecule has 6 heteroatoms. The third kappa shape index (κ3) is 4.05. The van der Waals surface area contributed by atoms with E-state index in [-0.39, 0.29) is 12.5 Å². The summed E-state index contributed by atoms with van der Waals surface area (Å²) in [4.78, 5) is 24.6. The van der Waals surface area contributed by atoms with Crippen molar-refractivity contribution in [2.24, 2.45) is 0 Å². The van der Waals surface area contributed by atoms with Crippen LogP contribution in [0.25, 0.3) is 0 Å². The lowest BCUT2D eigenvalue weighted by Crippen LogP contribution is -2.50. The number of likely N-dealkylation sites (N-methyl/N-ethyl adjacent to an activating group) is 1. The summed E-state index contributed by atoms with van der Waals surface area (Å²) < 4.78 is 0.942. The highest BCUT2D eigenvalue weighted by molar-refractivity contribution is 9.10. The second kappa shape index (κ2) is 6.37. The molecule has 0 saturated heterocycles. The van der Waals surface area contributed by atoms with Gasteiger partial charge in [-0.1, -0.05) is 15.9 Å². The Morgan fingerprint density at radius 3 is 2.50 bits per heavy atom. The van der Waals surface area contributed by atoms with Crippen LogP contribution in [0, 0.1) is 6.92 Å². The van der Waals surface area contributed by atoms with Crippen molar-refractivity contribution in [3.05, 3.63) is 28.2 Å². The van der Waals surface area contributed by atoms with E-state index in [1.54, 1.807) is 27.0 Å². The number of carbonyl (C=O) groups is 2. The molecule has 0 fully saturated rings. The molecule has 0 unspecified atom stereocenters. The van der Waals surface area contributed by atoms with E-state index in [1.807, 2.05) is 19.1 Å². The summed E-state index contributed by atoms with van der Waals surface area (Å²) in [5.41, 5.74) is 0.569. The number of halogens is 1. The normalized spacial score (nSPS) is 11.5. The molecular formula is C14H19BrN2O3. The van der Waals surface area contributed by atoms with Gasteiger partial charge in [0.2, 0.25) is 5.91 Å². The van der Waals surface area contributed by atoms with Crippen LogP contribution in [0.15, 0.2) is 22.7 Å². The average Bonchev–Trinajstić information content (AvgIpc) is 2.32. The first kappa shape index (κ1) is 16.7. The second-order valence-electron chi connectivity index (χ2n) is 5.23. The van der Waals surface area contributed by atoms with Crippen molar-refractivity contribution in [1.29, 1.82) is 0 Å². The highest BCUT2D eigenvalue weighted by Crippen LogP contribution is 2.20. The van der Waals surface area contributed by atoms with Crippen molar-refractivity contribution in [3.63, 3.8) is 0 Å². The molecule has 0 saturated carbocycles. The summed E-state index contributed by atoms with van der Waals surface area (Å²) in [6.07, 6.45) is 0. The molecule has 0 aromatic heterocycles. The van der Waals surface area contributed by atoms with Gasteiger partial charge < -0.3 is 10.4 Å². The van der Waals surface area contributed by atoms with Gasteiger partial charge in [-0.25, -0.2) is 0 Å². The molecule has 0 aliphatic rings. The first-order valence-electron chi connectivity index (χ1n) is 6.15. The van der Waals surface area contributed by atoms with Gasteiger partial charge in [-0.05, 0) is 51.6 Å². The third-order valence-electron chi connectivity index (χ3n) is 3.32. The first-order valence-corrected chi connectivity index (χ1v) is 6.94. The molecule has 1 rings (SSSR count). The van der Waals surface area contributed by atoms with Crippen molar-refractivity contribution in [2.45, 2.75) is 26.3 Å². The number of rotatable bonds is 5. The minimum Gasteiger partial charge on any atom is -0.480 e. The number of carbonyl (C=O) groups excluding carboxylic acids is 1. The van der Waals surface area contributed by atoms with E-state index >= 15 is 0 Å². The number of nitrogens with one attached hydrogen (secondary N) is 1. The molecule has 110 valence electrons. The topological polar surface area (TPSA) is 69.6 Å².